The van der Waals surface area contributed by atoms with E-state index < -0.39 is 10.0 Å². The number of carbonyl (C=O) groups is 1. The topological polar surface area (TPSA) is 84.9 Å². The molecule has 1 amide bonds. The number of hydrogen-bond acceptors (Lipinski definition) is 5. The summed E-state index contributed by atoms with van der Waals surface area (Å²) in [6, 6.07) is 17.1. The monoisotopic (exact) mass is 466 g/mol. The maximum absolute atomic E-state index is 13.4. The van der Waals surface area contributed by atoms with Crippen molar-refractivity contribution in [3.8, 4) is 11.5 Å². The largest absolute Gasteiger partial charge is 0.497 e. The summed E-state index contributed by atoms with van der Waals surface area (Å²) >= 11 is 0. The third-order valence-electron chi connectivity index (χ3n) is 5.68. The van der Waals surface area contributed by atoms with Crippen LogP contribution < -0.4 is 19.1 Å². The Morgan fingerprint density at radius 3 is 2.42 bits per heavy atom. The number of benzene rings is 3. The fraction of sp³-hybridized carbons (Fsp3) is 0.240. The van der Waals surface area contributed by atoms with Gasteiger partial charge in [-0.05, 0) is 61.7 Å². The molecule has 0 atom stereocenters. The van der Waals surface area contributed by atoms with Gasteiger partial charge in [0.05, 0.1) is 30.4 Å². The number of sulfonamides is 1. The molecule has 0 bridgehead atoms. The first-order valence-corrected chi connectivity index (χ1v) is 12.0. The first kappa shape index (κ1) is 22.7. The third kappa shape index (κ3) is 4.52. The van der Waals surface area contributed by atoms with E-state index in [0.717, 1.165) is 24.0 Å². The lowest BCUT2D eigenvalue weighted by molar-refractivity contribution is 0.102. The maximum Gasteiger partial charge on any atom is 0.264 e. The minimum Gasteiger partial charge on any atom is -0.497 e. The Morgan fingerprint density at radius 1 is 0.970 bits per heavy atom. The first-order chi connectivity index (χ1) is 15.8. The van der Waals surface area contributed by atoms with Crippen LogP contribution in [0.4, 0.5) is 11.4 Å². The molecule has 0 saturated carbocycles. The van der Waals surface area contributed by atoms with Crippen LogP contribution in [0.1, 0.15) is 27.9 Å². The van der Waals surface area contributed by atoms with Gasteiger partial charge >= 0.3 is 0 Å². The highest BCUT2D eigenvalue weighted by molar-refractivity contribution is 7.92. The van der Waals surface area contributed by atoms with Gasteiger partial charge in [-0.2, -0.15) is 0 Å². The van der Waals surface area contributed by atoms with E-state index in [2.05, 4.69) is 5.32 Å². The number of aryl methyl sites for hydroxylation is 2. The molecule has 4 rings (SSSR count). The second-order valence-corrected chi connectivity index (χ2v) is 9.72. The van der Waals surface area contributed by atoms with Gasteiger partial charge in [-0.1, -0.05) is 23.8 Å². The Labute approximate surface area is 194 Å². The van der Waals surface area contributed by atoms with Crippen LogP contribution in [-0.2, 0) is 16.4 Å². The molecule has 0 aromatic heterocycles. The highest BCUT2D eigenvalue weighted by Crippen LogP contribution is 2.34. The fourth-order valence-corrected chi connectivity index (χ4v) is 5.42. The van der Waals surface area contributed by atoms with Crippen LogP contribution in [0.5, 0.6) is 11.5 Å². The van der Waals surface area contributed by atoms with Crippen molar-refractivity contribution >= 4 is 27.3 Å². The van der Waals surface area contributed by atoms with E-state index in [1.54, 1.807) is 54.6 Å². The number of hydrogen-bond donors (Lipinski definition) is 1. The smallest absolute Gasteiger partial charge is 0.264 e. The van der Waals surface area contributed by atoms with Gasteiger partial charge in [-0.3, -0.25) is 9.10 Å². The van der Waals surface area contributed by atoms with Crippen molar-refractivity contribution in [2.75, 3.05) is 30.4 Å². The maximum atomic E-state index is 13.4. The SMILES string of the molecule is COc1ccc(C(=O)Nc2ccc3c(c2)N(S(=O)(=O)c2ccc(C)cc2)CCC3)c(OC)c1. The molecule has 0 radical (unpaired) electrons. The van der Waals surface area contributed by atoms with Crippen LogP contribution >= 0.6 is 0 Å². The molecule has 172 valence electrons. The minimum atomic E-state index is -3.72. The lowest BCUT2D eigenvalue weighted by Crippen LogP contribution is -2.35. The van der Waals surface area contributed by atoms with E-state index in [1.807, 2.05) is 13.0 Å². The number of ether oxygens (including phenoxy) is 2. The molecule has 0 saturated heterocycles. The quantitative estimate of drug-likeness (QED) is 0.582. The minimum absolute atomic E-state index is 0.248. The van der Waals surface area contributed by atoms with E-state index in [9.17, 15) is 13.2 Å². The van der Waals surface area contributed by atoms with Gasteiger partial charge in [0.25, 0.3) is 15.9 Å². The number of nitrogens with zero attached hydrogens (tertiary/aromatic N) is 1. The fourth-order valence-electron chi connectivity index (χ4n) is 3.89. The zero-order chi connectivity index (χ0) is 23.6. The molecule has 1 N–H and O–H groups in total. The van der Waals surface area contributed by atoms with Gasteiger partial charge in [-0.25, -0.2) is 8.42 Å². The summed E-state index contributed by atoms with van der Waals surface area (Å²) < 4.78 is 38.7. The Kier molecular flexibility index (Phi) is 6.29. The number of amides is 1. The van der Waals surface area contributed by atoms with E-state index in [1.165, 1.54) is 18.5 Å². The second-order valence-electron chi connectivity index (χ2n) is 7.86. The Bertz CT molecular complexity index is 1290. The summed E-state index contributed by atoms with van der Waals surface area (Å²) in [4.78, 5) is 13.2. The molecule has 7 nitrogen and oxygen atoms in total. The number of nitrogens with one attached hydrogen (secondary N) is 1. The highest BCUT2D eigenvalue weighted by atomic mass is 32.2. The van der Waals surface area contributed by atoms with E-state index in [-0.39, 0.29) is 10.8 Å². The zero-order valence-electron chi connectivity index (χ0n) is 18.8. The van der Waals surface area contributed by atoms with Gasteiger partial charge < -0.3 is 14.8 Å². The molecule has 8 heteroatoms. The summed E-state index contributed by atoms with van der Waals surface area (Å²) in [6.07, 6.45) is 1.50. The molecule has 3 aromatic carbocycles. The van der Waals surface area contributed by atoms with Crippen LogP contribution in [-0.4, -0.2) is 35.1 Å². The van der Waals surface area contributed by atoms with E-state index >= 15 is 0 Å². The zero-order valence-corrected chi connectivity index (χ0v) is 19.6. The van der Waals surface area contributed by atoms with Crippen molar-refractivity contribution in [1.82, 2.24) is 0 Å². The van der Waals surface area contributed by atoms with E-state index in [0.29, 0.717) is 35.0 Å². The number of carbonyl (C=O) groups excluding carboxylic acids is 1. The standard InChI is InChI=1S/C25H26N2O5S/c1-17-6-11-21(12-7-17)33(29,30)27-14-4-5-18-8-9-19(15-23(18)27)26-25(28)22-13-10-20(31-2)16-24(22)32-3/h6-13,15-16H,4-5,14H2,1-3H3,(H,26,28). The summed E-state index contributed by atoms with van der Waals surface area (Å²) in [7, 11) is -0.697. The molecular formula is C25H26N2O5S. The van der Waals surface area contributed by atoms with Gasteiger partial charge in [0.15, 0.2) is 0 Å². The van der Waals surface area contributed by atoms with Crippen LogP contribution in [0.25, 0.3) is 0 Å². The second kappa shape index (κ2) is 9.15. The molecule has 0 fully saturated rings. The predicted octanol–water partition coefficient (Wildman–Crippen LogP) is 4.41. The summed E-state index contributed by atoms with van der Waals surface area (Å²) in [5.74, 6) is 0.598. The van der Waals surface area contributed by atoms with Crippen molar-refractivity contribution in [1.29, 1.82) is 0 Å². The number of fused-ring (bicyclic) bond motifs is 1. The predicted molar refractivity (Wildman–Crippen MR) is 128 cm³/mol. The number of rotatable bonds is 6. The Morgan fingerprint density at radius 2 is 1.73 bits per heavy atom. The van der Waals surface area contributed by atoms with Crippen LogP contribution in [0, 0.1) is 6.92 Å². The highest BCUT2D eigenvalue weighted by Gasteiger charge is 2.29. The van der Waals surface area contributed by atoms with Gasteiger partial charge in [-0.15, -0.1) is 0 Å². The molecule has 0 aliphatic carbocycles. The van der Waals surface area contributed by atoms with Gasteiger partial charge in [0.1, 0.15) is 11.5 Å². The molecule has 3 aromatic rings. The molecule has 1 aliphatic heterocycles. The van der Waals surface area contributed by atoms with Crippen LogP contribution in [0.2, 0.25) is 0 Å². The summed E-state index contributed by atoms with van der Waals surface area (Å²) in [5, 5.41) is 2.86. The third-order valence-corrected chi connectivity index (χ3v) is 7.51. The molecule has 33 heavy (non-hydrogen) atoms. The van der Waals surface area contributed by atoms with Crippen molar-refractivity contribution < 1.29 is 22.7 Å². The van der Waals surface area contributed by atoms with Crippen LogP contribution in [0.3, 0.4) is 0 Å². The lowest BCUT2D eigenvalue weighted by Gasteiger charge is -2.31. The van der Waals surface area contributed by atoms with Crippen molar-refractivity contribution in [3.05, 3.63) is 77.4 Å². The molecule has 0 spiro atoms. The van der Waals surface area contributed by atoms with E-state index in [4.69, 9.17) is 9.47 Å². The molecule has 0 unspecified atom stereocenters. The van der Waals surface area contributed by atoms with Gasteiger partial charge in [0, 0.05) is 18.3 Å². The van der Waals surface area contributed by atoms with Crippen molar-refractivity contribution in [3.63, 3.8) is 0 Å². The molecule has 1 heterocycles. The normalized spacial score (nSPS) is 13.2. The number of anilines is 2. The van der Waals surface area contributed by atoms with Gasteiger partial charge in [0.2, 0.25) is 0 Å². The lowest BCUT2D eigenvalue weighted by atomic mass is 10.0. The first-order valence-electron chi connectivity index (χ1n) is 10.6. The Hall–Kier alpha value is -3.52. The molecular weight excluding hydrogens is 440 g/mol. The molecule has 1 aliphatic rings. The van der Waals surface area contributed by atoms with Crippen molar-refractivity contribution in [2.45, 2.75) is 24.7 Å². The Balaban J connectivity index is 1.65. The average molecular weight is 467 g/mol. The summed E-state index contributed by atoms with van der Waals surface area (Å²) in [5.41, 5.74) is 3.35. The summed E-state index contributed by atoms with van der Waals surface area (Å²) in [6.45, 7) is 2.30. The number of methoxy groups -OCH3 is 2. The average Bonchev–Trinajstić information content (AvgIpc) is 2.83. The van der Waals surface area contributed by atoms with Crippen molar-refractivity contribution in [2.24, 2.45) is 0 Å². The van der Waals surface area contributed by atoms with Crippen LogP contribution in [0.15, 0.2) is 65.6 Å².